The number of nitro groups is 1. The Bertz CT molecular complexity index is 1300. The molecule has 0 saturated heterocycles. The number of ether oxygens (including phenoxy) is 1. The van der Waals surface area contributed by atoms with E-state index in [9.17, 15) is 24.5 Å². The molecule has 0 spiro atoms. The number of hydrogen-bond acceptors (Lipinski definition) is 8. The summed E-state index contributed by atoms with van der Waals surface area (Å²) >= 11 is 0. The number of ketones is 1. The van der Waals surface area contributed by atoms with E-state index in [0.717, 1.165) is 0 Å². The van der Waals surface area contributed by atoms with Crippen molar-refractivity contribution in [3.8, 4) is 6.07 Å². The standard InChI is InChI=1S/C27H29N5O6/c1-17(2)38-26(34)24-18(3)30-27(35)31(25(24)21-9-5-10-22(14-21)32(36)37)12-6-11-29-16-23(33)20-8-4-7-19(13-20)15-28/h4-5,7-10,13-14,17,24-25,29H,6,11-12,16H2,1-3H3. The van der Waals surface area contributed by atoms with Gasteiger partial charge in [-0.3, -0.25) is 19.7 Å². The molecule has 1 heterocycles. The lowest BCUT2D eigenvalue weighted by atomic mass is 9.86. The zero-order chi connectivity index (χ0) is 27.8. The van der Waals surface area contributed by atoms with Gasteiger partial charge in [0.25, 0.3) is 5.69 Å². The highest BCUT2D eigenvalue weighted by Gasteiger charge is 2.43. The number of nitriles is 1. The number of nitro benzene ring substituents is 1. The highest BCUT2D eigenvalue weighted by atomic mass is 16.6. The van der Waals surface area contributed by atoms with Crippen molar-refractivity contribution in [1.29, 1.82) is 5.26 Å². The van der Waals surface area contributed by atoms with Crippen LogP contribution in [0.3, 0.4) is 0 Å². The van der Waals surface area contributed by atoms with Gasteiger partial charge in [-0.1, -0.05) is 24.3 Å². The van der Waals surface area contributed by atoms with Gasteiger partial charge in [-0.05, 0) is 51.4 Å². The minimum absolute atomic E-state index is 0.0394. The second-order valence-corrected chi connectivity index (χ2v) is 9.14. The van der Waals surface area contributed by atoms with Crippen LogP contribution < -0.4 is 5.32 Å². The van der Waals surface area contributed by atoms with Crippen molar-refractivity contribution in [2.24, 2.45) is 10.9 Å². The number of amides is 2. The van der Waals surface area contributed by atoms with Gasteiger partial charge in [-0.25, -0.2) is 9.79 Å². The molecule has 2 unspecified atom stereocenters. The van der Waals surface area contributed by atoms with Crippen molar-refractivity contribution in [1.82, 2.24) is 10.2 Å². The molecule has 0 saturated carbocycles. The van der Waals surface area contributed by atoms with Gasteiger partial charge in [-0.15, -0.1) is 0 Å². The summed E-state index contributed by atoms with van der Waals surface area (Å²) in [6.45, 7) is 5.58. The lowest BCUT2D eigenvalue weighted by Crippen LogP contribution is -2.48. The second-order valence-electron chi connectivity index (χ2n) is 9.14. The molecule has 11 heteroatoms. The number of rotatable bonds is 11. The molecule has 38 heavy (non-hydrogen) atoms. The largest absolute Gasteiger partial charge is 0.462 e. The van der Waals surface area contributed by atoms with Gasteiger partial charge in [0.15, 0.2) is 5.78 Å². The fraction of sp³-hybridized carbons (Fsp3) is 0.370. The Morgan fingerprint density at radius 2 is 1.97 bits per heavy atom. The summed E-state index contributed by atoms with van der Waals surface area (Å²) in [4.78, 5) is 54.8. The summed E-state index contributed by atoms with van der Waals surface area (Å²) in [5.74, 6) is -1.68. The Kier molecular flexibility index (Phi) is 9.40. The van der Waals surface area contributed by atoms with E-state index in [1.165, 1.54) is 29.2 Å². The van der Waals surface area contributed by atoms with Gasteiger partial charge >= 0.3 is 12.0 Å². The summed E-state index contributed by atoms with van der Waals surface area (Å²) in [5.41, 5.74) is 1.36. The summed E-state index contributed by atoms with van der Waals surface area (Å²) in [7, 11) is 0. The van der Waals surface area contributed by atoms with Crippen molar-refractivity contribution in [2.75, 3.05) is 19.6 Å². The van der Waals surface area contributed by atoms with Crippen LogP contribution in [0.25, 0.3) is 0 Å². The Labute approximate surface area is 220 Å². The van der Waals surface area contributed by atoms with Gasteiger partial charge in [0.2, 0.25) is 0 Å². The third kappa shape index (κ3) is 6.86. The van der Waals surface area contributed by atoms with Crippen LogP contribution in [0.5, 0.6) is 0 Å². The van der Waals surface area contributed by atoms with E-state index in [1.54, 1.807) is 45.0 Å². The lowest BCUT2D eigenvalue weighted by Gasteiger charge is -2.38. The third-order valence-electron chi connectivity index (χ3n) is 6.00. The average molecular weight is 520 g/mol. The molecular formula is C27H29N5O6. The molecule has 0 fully saturated rings. The maximum absolute atomic E-state index is 13.1. The van der Waals surface area contributed by atoms with Gasteiger partial charge in [0.05, 0.1) is 35.2 Å². The first kappa shape index (κ1) is 28.1. The topological polar surface area (TPSA) is 155 Å². The molecule has 0 aliphatic carbocycles. The first-order chi connectivity index (χ1) is 18.1. The predicted octanol–water partition coefficient (Wildman–Crippen LogP) is 3.83. The smallest absolute Gasteiger partial charge is 0.344 e. The number of urea groups is 1. The van der Waals surface area contributed by atoms with E-state index in [0.29, 0.717) is 29.7 Å². The van der Waals surface area contributed by atoms with Crippen molar-refractivity contribution in [3.63, 3.8) is 0 Å². The fourth-order valence-electron chi connectivity index (χ4n) is 4.29. The number of aliphatic imine (C=N–C) groups is 1. The summed E-state index contributed by atoms with van der Waals surface area (Å²) in [6.07, 6.45) is 0.0196. The highest BCUT2D eigenvalue weighted by Crippen LogP contribution is 2.36. The Balaban J connectivity index is 1.76. The van der Waals surface area contributed by atoms with Gasteiger partial charge in [-0.2, -0.15) is 5.26 Å². The van der Waals surface area contributed by atoms with Gasteiger partial charge in [0.1, 0.15) is 5.92 Å². The fourth-order valence-corrected chi connectivity index (χ4v) is 4.29. The van der Waals surface area contributed by atoms with Gasteiger partial charge in [0, 0.05) is 30.0 Å². The highest BCUT2D eigenvalue weighted by molar-refractivity contribution is 6.08. The molecular weight excluding hydrogens is 490 g/mol. The Morgan fingerprint density at radius 1 is 1.24 bits per heavy atom. The molecule has 0 aromatic heterocycles. The van der Waals surface area contributed by atoms with Crippen molar-refractivity contribution in [3.05, 3.63) is 75.3 Å². The molecule has 1 aliphatic heterocycles. The van der Waals surface area contributed by atoms with Crippen LogP contribution in [0.1, 0.15) is 54.7 Å². The minimum Gasteiger partial charge on any atom is -0.462 e. The van der Waals surface area contributed by atoms with Crippen molar-refractivity contribution in [2.45, 2.75) is 39.3 Å². The molecule has 3 rings (SSSR count). The van der Waals surface area contributed by atoms with Crippen LogP contribution in [0.4, 0.5) is 10.5 Å². The number of carbonyl (C=O) groups is 3. The normalized spacial score (nSPS) is 17.1. The van der Waals surface area contributed by atoms with Gasteiger partial charge < -0.3 is 15.0 Å². The van der Waals surface area contributed by atoms with Crippen LogP contribution in [0, 0.1) is 27.4 Å². The number of carbonyl (C=O) groups excluding carboxylic acids is 3. The van der Waals surface area contributed by atoms with Crippen molar-refractivity contribution < 1.29 is 24.0 Å². The maximum Gasteiger partial charge on any atom is 0.344 e. The molecule has 2 amide bonds. The number of hydrogen-bond donors (Lipinski definition) is 1. The molecule has 2 atom stereocenters. The van der Waals surface area contributed by atoms with E-state index < -0.39 is 35.0 Å². The lowest BCUT2D eigenvalue weighted by molar-refractivity contribution is -0.385. The molecule has 1 aliphatic rings. The van der Waals surface area contributed by atoms with E-state index in [-0.39, 0.29) is 30.3 Å². The molecule has 2 aromatic carbocycles. The first-order valence-electron chi connectivity index (χ1n) is 12.2. The van der Waals surface area contributed by atoms with Crippen LogP contribution in [-0.2, 0) is 9.53 Å². The second kappa shape index (κ2) is 12.7. The van der Waals surface area contributed by atoms with Crippen LogP contribution in [-0.4, -0.2) is 59.1 Å². The summed E-state index contributed by atoms with van der Waals surface area (Å²) in [6, 6.07) is 12.9. The minimum atomic E-state index is -0.931. The quantitative estimate of drug-likeness (QED) is 0.154. The zero-order valence-corrected chi connectivity index (χ0v) is 21.4. The monoisotopic (exact) mass is 519 g/mol. The predicted molar refractivity (Wildman–Crippen MR) is 139 cm³/mol. The van der Waals surface area contributed by atoms with Crippen LogP contribution >= 0.6 is 0 Å². The van der Waals surface area contributed by atoms with E-state index in [4.69, 9.17) is 10.00 Å². The van der Waals surface area contributed by atoms with Crippen LogP contribution in [0.2, 0.25) is 0 Å². The molecule has 198 valence electrons. The summed E-state index contributed by atoms with van der Waals surface area (Å²) < 4.78 is 5.44. The number of Topliss-reactive ketones (excluding diaryl/α,β-unsaturated/α-hetero) is 1. The van der Waals surface area contributed by atoms with Crippen molar-refractivity contribution >= 4 is 29.2 Å². The SMILES string of the molecule is CC1=NC(=O)N(CCCNCC(=O)c2cccc(C#N)c2)C(c2cccc([N+](=O)[O-])c2)C1C(=O)OC(C)C. The molecule has 0 bridgehead atoms. The van der Waals surface area contributed by atoms with E-state index in [1.807, 2.05) is 6.07 Å². The van der Waals surface area contributed by atoms with Crippen LogP contribution in [0.15, 0.2) is 53.5 Å². The Morgan fingerprint density at radius 3 is 2.66 bits per heavy atom. The zero-order valence-electron chi connectivity index (χ0n) is 21.4. The maximum atomic E-state index is 13.1. The summed E-state index contributed by atoms with van der Waals surface area (Å²) in [5, 5.41) is 23.5. The Hall–Kier alpha value is -4.43. The van der Waals surface area contributed by atoms with E-state index in [2.05, 4.69) is 10.3 Å². The number of nitrogens with one attached hydrogen (secondary N) is 1. The molecule has 1 N–H and O–H groups in total. The first-order valence-corrected chi connectivity index (χ1v) is 12.2. The van der Waals surface area contributed by atoms with E-state index >= 15 is 0 Å². The third-order valence-corrected chi connectivity index (χ3v) is 6.00. The number of nitrogens with zero attached hydrogens (tertiary/aromatic N) is 4. The molecule has 2 aromatic rings. The number of benzene rings is 2. The number of non-ortho nitro benzene ring substituents is 1. The average Bonchev–Trinajstić information content (AvgIpc) is 2.88. The number of esters is 1. The molecule has 11 nitrogen and oxygen atoms in total. The molecule has 0 radical (unpaired) electrons.